The highest BCUT2D eigenvalue weighted by Crippen LogP contribution is 2.24. The van der Waals surface area contributed by atoms with Crippen molar-refractivity contribution in [1.82, 2.24) is 9.47 Å². The number of aromatic nitrogens is 1. The van der Waals surface area contributed by atoms with Gasteiger partial charge in [-0.1, -0.05) is 31.4 Å². The summed E-state index contributed by atoms with van der Waals surface area (Å²) in [6, 6.07) is 9.71. The first-order valence-electron chi connectivity index (χ1n) is 9.37. The molecule has 0 saturated heterocycles. The summed E-state index contributed by atoms with van der Waals surface area (Å²) in [5.74, 6) is -1.03. The Morgan fingerprint density at radius 2 is 1.85 bits per heavy atom. The Kier molecular flexibility index (Phi) is 6.27. The molecule has 3 rings (SSSR count). The maximum atomic E-state index is 13.2. The van der Waals surface area contributed by atoms with Crippen LogP contribution in [0.2, 0.25) is 0 Å². The Labute approximate surface area is 158 Å². The summed E-state index contributed by atoms with van der Waals surface area (Å²) in [4.78, 5) is 26.8. The minimum Gasteiger partial charge on any atom is -0.451 e. The third kappa shape index (κ3) is 4.96. The number of carbonyl (C=O) groups excluding carboxylic acids is 2. The first-order valence-corrected chi connectivity index (χ1v) is 9.37. The van der Waals surface area contributed by atoms with E-state index in [4.69, 9.17) is 4.74 Å². The van der Waals surface area contributed by atoms with Crippen LogP contribution in [0.3, 0.4) is 0 Å². The average molecular weight is 372 g/mol. The molecule has 1 aliphatic carbocycles. The fourth-order valence-electron chi connectivity index (χ4n) is 3.56. The van der Waals surface area contributed by atoms with Gasteiger partial charge in [-0.15, -0.1) is 0 Å². The van der Waals surface area contributed by atoms with Crippen molar-refractivity contribution in [2.45, 2.75) is 44.7 Å². The highest BCUT2D eigenvalue weighted by atomic mass is 19.1. The highest BCUT2D eigenvalue weighted by molar-refractivity contribution is 5.90. The number of rotatable bonds is 6. The molecular weight excluding hydrogens is 347 g/mol. The third-order valence-electron chi connectivity index (χ3n) is 5.08. The van der Waals surface area contributed by atoms with Crippen LogP contribution < -0.4 is 0 Å². The predicted octanol–water partition coefficient (Wildman–Crippen LogP) is 3.68. The summed E-state index contributed by atoms with van der Waals surface area (Å²) in [5, 5.41) is 0. The molecule has 0 N–H and O–H groups in total. The van der Waals surface area contributed by atoms with Gasteiger partial charge < -0.3 is 14.2 Å². The molecule has 1 aromatic carbocycles. The average Bonchev–Trinajstić information content (AvgIpc) is 3.12. The first-order chi connectivity index (χ1) is 13.0. The SMILES string of the molecule is Cn1cccc1C(=O)OCC(=O)N(Cc1ccc(F)cc1)C1CCCCC1. The van der Waals surface area contributed by atoms with E-state index >= 15 is 0 Å². The van der Waals surface area contributed by atoms with Gasteiger partial charge in [0.1, 0.15) is 11.5 Å². The molecule has 0 aliphatic heterocycles. The number of aryl methyl sites for hydroxylation is 1. The van der Waals surface area contributed by atoms with E-state index in [0.717, 1.165) is 31.2 Å². The number of carbonyl (C=O) groups is 2. The Morgan fingerprint density at radius 3 is 2.48 bits per heavy atom. The van der Waals surface area contributed by atoms with Gasteiger partial charge in [0.2, 0.25) is 0 Å². The van der Waals surface area contributed by atoms with Gasteiger partial charge in [-0.2, -0.15) is 0 Å². The topological polar surface area (TPSA) is 51.5 Å². The lowest BCUT2D eigenvalue weighted by Gasteiger charge is -2.34. The molecule has 0 atom stereocenters. The van der Waals surface area contributed by atoms with Crippen LogP contribution >= 0.6 is 0 Å². The van der Waals surface area contributed by atoms with Gasteiger partial charge in [0.05, 0.1) is 0 Å². The second kappa shape index (κ2) is 8.84. The van der Waals surface area contributed by atoms with Gasteiger partial charge in [-0.25, -0.2) is 9.18 Å². The van der Waals surface area contributed by atoms with Crippen molar-refractivity contribution < 1.29 is 18.7 Å². The Morgan fingerprint density at radius 1 is 1.15 bits per heavy atom. The smallest absolute Gasteiger partial charge is 0.355 e. The number of benzene rings is 1. The number of amides is 1. The van der Waals surface area contributed by atoms with Crippen LogP contribution in [0.5, 0.6) is 0 Å². The summed E-state index contributed by atoms with van der Waals surface area (Å²) in [6.07, 6.45) is 6.98. The molecule has 0 unspecified atom stereocenters. The second-order valence-electron chi connectivity index (χ2n) is 7.02. The first kappa shape index (κ1) is 19.1. The zero-order valence-electron chi connectivity index (χ0n) is 15.6. The quantitative estimate of drug-likeness (QED) is 0.727. The van der Waals surface area contributed by atoms with Gasteiger partial charge in [-0.05, 0) is 42.7 Å². The van der Waals surface area contributed by atoms with E-state index in [0.29, 0.717) is 12.2 Å². The summed E-state index contributed by atoms with van der Waals surface area (Å²) < 4.78 is 20.1. The lowest BCUT2D eigenvalue weighted by atomic mass is 9.93. The molecule has 27 heavy (non-hydrogen) atoms. The number of nitrogens with zero attached hydrogens (tertiary/aromatic N) is 2. The minimum absolute atomic E-state index is 0.130. The van der Waals surface area contributed by atoms with Crippen LogP contribution in [-0.4, -0.2) is 34.0 Å². The van der Waals surface area contributed by atoms with Gasteiger partial charge in [0.25, 0.3) is 5.91 Å². The van der Waals surface area contributed by atoms with Crippen molar-refractivity contribution in [3.05, 3.63) is 59.7 Å². The van der Waals surface area contributed by atoms with E-state index in [2.05, 4.69) is 0 Å². The molecule has 2 aromatic rings. The van der Waals surface area contributed by atoms with Crippen molar-refractivity contribution in [2.75, 3.05) is 6.61 Å². The van der Waals surface area contributed by atoms with Crippen molar-refractivity contribution in [1.29, 1.82) is 0 Å². The molecule has 5 nitrogen and oxygen atoms in total. The van der Waals surface area contributed by atoms with E-state index in [9.17, 15) is 14.0 Å². The zero-order chi connectivity index (χ0) is 19.2. The van der Waals surface area contributed by atoms with Crippen molar-refractivity contribution >= 4 is 11.9 Å². The zero-order valence-corrected chi connectivity index (χ0v) is 15.6. The molecule has 6 heteroatoms. The number of esters is 1. The van der Waals surface area contributed by atoms with E-state index in [-0.39, 0.29) is 24.4 Å². The Hall–Kier alpha value is -2.63. The van der Waals surface area contributed by atoms with E-state index < -0.39 is 5.97 Å². The molecule has 1 fully saturated rings. The fraction of sp³-hybridized carbons (Fsp3) is 0.429. The third-order valence-corrected chi connectivity index (χ3v) is 5.08. The van der Waals surface area contributed by atoms with Crippen LogP contribution in [0.15, 0.2) is 42.6 Å². The van der Waals surface area contributed by atoms with Crippen molar-refractivity contribution in [3.8, 4) is 0 Å². The largest absolute Gasteiger partial charge is 0.451 e. The monoisotopic (exact) mass is 372 g/mol. The van der Waals surface area contributed by atoms with E-state index in [1.54, 1.807) is 47.0 Å². The number of ether oxygens (including phenoxy) is 1. The fourth-order valence-corrected chi connectivity index (χ4v) is 3.56. The molecule has 0 spiro atoms. The van der Waals surface area contributed by atoms with Crippen LogP contribution in [-0.2, 0) is 23.1 Å². The van der Waals surface area contributed by atoms with Crippen molar-refractivity contribution in [2.24, 2.45) is 7.05 Å². The maximum Gasteiger partial charge on any atom is 0.355 e. The minimum atomic E-state index is -0.513. The van der Waals surface area contributed by atoms with Gasteiger partial charge >= 0.3 is 5.97 Å². The molecule has 144 valence electrons. The second-order valence-corrected chi connectivity index (χ2v) is 7.02. The summed E-state index contributed by atoms with van der Waals surface area (Å²) >= 11 is 0. The summed E-state index contributed by atoms with van der Waals surface area (Å²) in [5.41, 5.74) is 1.27. The number of hydrogen-bond acceptors (Lipinski definition) is 3. The number of halogens is 1. The standard InChI is InChI=1S/C21H25FN2O3/c1-23-13-5-8-19(23)21(26)27-15-20(25)24(18-6-3-2-4-7-18)14-16-9-11-17(22)12-10-16/h5,8-13,18H,2-4,6-7,14-15H2,1H3. The molecule has 1 aromatic heterocycles. The molecule has 0 bridgehead atoms. The van der Waals surface area contributed by atoms with Gasteiger partial charge in [-0.3, -0.25) is 4.79 Å². The molecule has 1 amide bonds. The Bertz CT molecular complexity index is 779. The lowest BCUT2D eigenvalue weighted by molar-refractivity contribution is -0.138. The molecule has 1 aliphatic rings. The Balaban J connectivity index is 1.67. The maximum absolute atomic E-state index is 13.2. The summed E-state index contributed by atoms with van der Waals surface area (Å²) in [6.45, 7) is 0.104. The van der Waals surface area contributed by atoms with Gasteiger partial charge in [0, 0.05) is 25.8 Å². The van der Waals surface area contributed by atoms with Crippen LogP contribution in [0.25, 0.3) is 0 Å². The molecular formula is C21H25FN2O3. The van der Waals surface area contributed by atoms with Crippen LogP contribution in [0.4, 0.5) is 4.39 Å². The van der Waals surface area contributed by atoms with Crippen LogP contribution in [0, 0.1) is 5.82 Å². The van der Waals surface area contributed by atoms with E-state index in [1.807, 2.05) is 0 Å². The van der Waals surface area contributed by atoms with Crippen LogP contribution in [0.1, 0.15) is 48.2 Å². The lowest BCUT2D eigenvalue weighted by Crippen LogP contribution is -2.43. The van der Waals surface area contributed by atoms with Gasteiger partial charge in [0.15, 0.2) is 6.61 Å². The number of hydrogen-bond donors (Lipinski definition) is 0. The normalized spacial score (nSPS) is 14.7. The van der Waals surface area contributed by atoms with E-state index in [1.165, 1.54) is 18.6 Å². The highest BCUT2D eigenvalue weighted by Gasteiger charge is 2.26. The van der Waals surface area contributed by atoms with Crippen molar-refractivity contribution in [3.63, 3.8) is 0 Å². The summed E-state index contributed by atoms with van der Waals surface area (Å²) in [7, 11) is 1.75. The molecule has 1 saturated carbocycles. The molecule has 0 radical (unpaired) electrons. The molecule has 1 heterocycles. The predicted molar refractivity (Wildman–Crippen MR) is 99.5 cm³/mol.